The molecule has 0 aromatic rings. The lowest BCUT2D eigenvalue weighted by Gasteiger charge is -2.47. The standard InChI is InChI=1S/C16H31N5.HI/c1-2-17-16(19-14-6-4-3-5-7-14)18-12-15-13-20-8-10-21(15)11-9-20;/h14-15H,2-13H2,1H3,(H2,17,18,19);1H. The summed E-state index contributed by atoms with van der Waals surface area (Å²) in [6, 6.07) is 1.25. The van der Waals surface area contributed by atoms with Gasteiger partial charge in [0.15, 0.2) is 5.96 Å². The van der Waals surface area contributed by atoms with Crippen LogP contribution in [0.25, 0.3) is 0 Å². The van der Waals surface area contributed by atoms with Gasteiger partial charge in [-0.05, 0) is 19.8 Å². The van der Waals surface area contributed by atoms with Crippen LogP contribution in [0.2, 0.25) is 0 Å². The van der Waals surface area contributed by atoms with Crippen molar-refractivity contribution >= 4 is 29.9 Å². The van der Waals surface area contributed by atoms with Gasteiger partial charge >= 0.3 is 0 Å². The van der Waals surface area contributed by atoms with Gasteiger partial charge in [0.2, 0.25) is 0 Å². The Kier molecular flexibility index (Phi) is 7.70. The van der Waals surface area contributed by atoms with Crippen molar-refractivity contribution in [3.05, 3.63) is 0 Å². The molecule has 128 valence electrons. The number of rotatable bonds is 4. The van der Waals surface area contributed by atoms with Gasteiger partial charge in [-0.3, -0.25) is 14.8 Å². The number of nitrogens with one attached hydrogen (secondary N) is 2. The number of guanidine groups is 1. The van der Waals surface area contributed by atoms with Gasteiger partial charge in [0.1, 0.15) is 0 Å². The second-order valence-corrected chi connectivity index (χ2v) is 6.69. The number of piperazine rings is 3. The van der Waals surface area contributed by atoms with Gasteiger partial charge in [-0.15, -0.1) is 24.0 Å². The maximum absolute atomic E-state index is 4.88. The molecule has 2 N–H and O–H groups in total. The predicted octanol–water partition coefficient (Wildman–Crippen LogP) is 1.49. The number of halogens is 1. The first-order valence-electron chi connectivity index (χ1n) is 8.86. The molecule has 3 aliphatic heterocycles. The fraction of sp³-hybridized carbons (Fsp3) is 0.938. The largest absolute Gasteiger partial charge is 0.357 e. The smallest absolute Gasteiger partial charge is 0.191 e. The average molecular weight is 421 g/mol. The van der Waals surface area contributed by atoms with Crippen LogP contribution in [-0.4, -0.2) is 73.7 Å². The molecule has 4 aliphatic rings. The first kappa shape index (κ1) is 18.3. The Morgan fingerprint density at radius 3 is 2.41 bits per heavy atom. The lowest BCUT2D eigenvalue weighted by molar-refractivity contribution is 0.0174. The van der Waals surface area contributed by atoms with Crippen molar-refractivity contribution in [1.82, 2.24) is 20.4 Å². The van der Waals surface area contributed by atoms with E-state index in [9.17, 15) is 0 Å². The summed E-state index contributed by atoms with van der Waals surface area (Å²) in [5.74, 6) is 1.03. The molecule has 0 amide bonds. The molecule has 1 aliphatic carbocycles. The lowest BCUT2D eigenvalue weighted by Crippen LogP contribution is -2.62. The molecule has 1 saturated carbocycles. The summed E-state index contributed by atoms with van der Waals surface area (Å²) in [6.07, 6.45) is 6.73. The van der Waals surface area contributed by atoms with Crippen LogP contribution in [0.4, 0.5) is 0 Å². The number of hydrogen-bond donors (Lipinski definition) is 2. The van der Waals surface area contributed by atoms with Gasteiger partial charge in [0.05, 0.1) is 6.54 Å². The summed E-state index contributed by atoms with van der Waals surface area (Å²) in [7, 11) is 0. The minimum Gasteiger partial charge on any atom is -0.357 e. The molecule has 3 saturated heterocycles. The summed E-state index contributed by atoms with van der Waals surface area (Å²) in [5, 5.41) is 7.07. The van der Waals surface area contributed by atoms with Gasteiger partial charge < -0.3 is 10.6 Å². The zero-order valence-corrected chi connectivity index (χ0v) is 16.2. The highest BCUT2D eigenvalue weighted by atomic mass is 127. The van der Waals surface area contributed by atoms with Crippen LogP contribution in [0.5, 0.6) is 0 Å². The predicted molar refractivity (Wildman–Crippen MR) is 103 cm³/mol. The summed E-state index contributed by atoms with van der Waals surface area (Å²) >= 11 is 0. The molecule has 0 aromatic heterocycles. The second kappa shape index (κ2) is 9.27. The van der Waals surface area contributed by atoms with E-state index in [4.69, 9.17) is 4.99 Å². The maximum Gasteiger partial charge on any atom is 0.191 e. The minimum absolute atomic E-state index is 0. The molecule has 0 aromatic carbocycles. The molecule has 5 nitrogen and oxygen atoms in total. The molecule has 1 atom stereocenters. The summed E-state index contributed by atoms with van der Waals surface area (Å²) in [4.78, 5) is 10.1. The maximum atomic E-state index is 4.88. The second-order valence-electron chi connectivity index (χ2n) is 6.69. The van der Waals surface area contributed by atoms with Gasteiger partial charge in [-0.25, -0.2) is 0 Å². The Labute approximate surface area is 152 Å². The topological polar surface area (TPSA) is 42.9 Å². The average Bonchev–Trinajstić information content (AvgIpc) is 2.55. The van der Waals surface area contributed by atoms with Crippen LogP contribution in [0.15, 0.2) is 4.99 Å². The highest BCUT2D eigenvalue weighted by Gasteiger charge is 2.31. The summed E-state index contributed by atoms with van der Waals surface area (Å²) < 4.78 is 0. The molecule has 22 heavy (non-hydrogen) atoms. The molecule has 2 bridgehead atoms. The van der Waals surface area contributed by atoms with E-state index in [-0.39, 0.29) is 24.0 Å². The number of nitrogens with zero attached hydrogens (tertiary/aromatic N) is 3. The van der Waals surface area contributed by atoms with Crippen LogP contribution in [0, 0.1) is 0 Å². The normalized spacial score (nSPS) is 32.4. The Hall–Kier alpha value is -0.0800. The Morgan fingerprint density at radius 2 is 1.82 bits per heavy atom. The SMILES string of the molecule is CCNC(=NCC1CN2CCN1CC2)NC1CCCCC1.I. The number of aliphatic imine (C=N–C) groups is 1. The molecule has 4 rings (SSSR count). The van der Waals surface area contributed by atoms with Crippen molar-refractivity contribution in [3.8, 4) is 0 Å². The fourth-order valence-corrected chi connectivity index (χ4v) is 3.85. The van der Waals surface area contributed by atoms with E-state index in [2.05, 4.69) is 27.4 Å². The van der Waals surface area contributed by atoms with E-state index in [0.29, 0.717) is 12.1 Å². The summed E-state index contributed by atoms with van der Waals surface area (Å²) in [5.41, 5.74) is 0. The molecule has 1 unspecified atom stereocenters. The molecule has 4 fully saturated rings. The third-order valence-electron chi connectivity index (χ3n) is 5.14. The van der Waals surface area contributed by atoms with E-state index in [0.717, 1.165) is 19.0 Å². The number of hydrogen-bond acceptors (Lipinski definition) is 3. The molecule has 0 radical (unpaired) electrons. The zero-order chi connectivity index (χ0) is 14.5. The Bertz CT molecular complexity index is 348. The molecule has 6 heteroatoms. The van der Waals surface area contributed by atoms with E-state index < -0.39 is 0 Å². The van der Waals surface area contributed by atoms with Crippen LogP contribution in [0.1, 0.15) is 39.0 Å². The van der Waals surface area contributed by atoms with E-state index in [1.54, 1.807) is 0 Å². The monoisotopic (exact) mass is 421 g/mol. The fourth-order valence-electron chi connectivity index (χ4n) is 3.85. The number of fused-ring (bicyclic) bond motifs is 3. The van der Waals surface area contributed by atoms with Crippen molar-refractivity contribution in [3.63, 3.8) is 0 Å². The van der Waals surface area contributed by atoms with Crippen molar-refractivity contribution in [2.75, 3.05) is 45.8 Å². The van der Waals surface area contributed by atoms with E-state index in [1.807, 2.05) is 0 Å². The van der Waals surface area contributed by atoms with Crippen molar-refractivity contribution < 1.29 is 0 Å². The highest BCUT2D eigenvalue weighted by molar-refractivity contribution is 14.0. The van der Waals surface area contributed by atoms with Crippen LogP contribution in [-0.2, 0) is 0 Å². The third kappa shape index (κ3) is 4.96. The van der Waals surface area contributed by atoms with Crippen molar-refractivity contribution in [2.45, 2.75) is 51.1 Å². The third-order valence-corrected chi connectivity index (χ3v) is 5.14. The van der Waals surface area contributed by atoms with Crippen LogP contribution >= 0.6 is 24.0 Å². The zero-order valence-electron chi connectivity index (χ0n) is 13.9. The Morgan fingerprint density at radius 1 is 1.09 bits per heavy atom. The van der Waals surface area contributed by atoms with Crippen molar-refractivity contribution in [2.24, 2.45) is 4.99 Å². The Balaban J connectivity index is 0.00000176. The molecular weight excluding hydrogens is 389 g/mol. The minimum atomic E-state index is 0. The van der Waals surface area contributed by atoms with Gasteiger partial charge in [-0.2, -0.15) is 0 Å². The first-order valence-corrected chi connectivity index (χ1v) is 8.86. The molecule has 0 spiro atoms. The van der Waals surface area contributed by atoms with Gasteiger partial charge in [0.25, 0.3) is 0 Å². The summed E-state index contributed by atoms with van der Waals surface area (Å²) in [6.45, 7) is 10.2. The highest BCUT2D eigenvalue weighted by Crippen LogP contribution is 2.18. The molecule has 3 heterocycles. The first-order chi connectivity index (χ1) is 10.3. The van der Waals surface area contributed by atoms with Gasteiger partial charge in [-0.1, -0.05) is 19.3 Å². The van der Waals surface area contributed by atoms with E-state index >= 15 is 0 Å². The quantitative estimate of drug-likeness (QED) is 0.410. The lowest BCUT2D eigenvalue weighted by atomic mass is 9.96. The van der Waals surface area contributed by atoms with E-state index in [1.165, 1.54) is 64.8 Å². The van der Waals surface area contributed by atoms with Crippen molar-refractivity contribution in [1.29, 1.82) is 0 Å². The van der Waals surface area contributed by atoms with Crippen LogP contribution < -0.4 is 10.6 Å². The molecular formula is C16H32IN5. The van der Waals surface area contributed by atoms with Crippen LogP contribution in [0.3, 0.4) is 0 Å². The van der Waals surface area contributed by atoms with Gasteiger partial charge in [0, 0.05) is 51.4 Å².